The van der Waals surface area contributed by atoms with Crippen LogP contribution in [0.1, 0.15) is 24.8 Å². The molecule has 110 valence electrons. The Morgan fingerprint density at radius 2 is 2.15 bits per heavy atom. The van der Waals surface area contributed by atoms with Crippen molar-refractivity contribution in [2.45, 2.75) is 49.3 Å². The molecule has 0 radical (unpaired) electrons. The topological polar surface area (TPSA) is 81.4 Å². The van der Waals surface area contributed by atoms with E-state index in [-0.39, 0.29) is 28.8 Å². The molecule has 0 aliphatic carbocycles. The monoisotopic (exact) mass is 316 g/mol. The molecule has 1 aromatic rings. The summed E-state index contributed by atoms with van der Waals surface area (Å²) in [6.45, 7) is 1.71. The number of nitrogens with two attached hydrogens (primary N) is 1. The quantitative estimate of drug-likeness (QED) is 0.834. The second kappa shape index (κ2) is 4.87. The van der Waals surface area contributed by atoms with E-state index in [1.807, 2.05) is 0 Å². The zero-order valence-electron chi connectivity index (χ0n) is 11.1. The molecule has 3 N–H and O–H groups in total. The molecular formula is C13H17ClN2O3S. The normalized spacial score (nSPS) is 29.0. The van der Waals surface area contributed by atoms with Crippen molar-refractivity contribution in [2.75, 3.05) is 5.73 Å². The van der Waals surface area contributed by atoms with Gasteiger partial charge >= 0.3 is 0 Å². The summed E-state index contributed by atoms with van der Waals surface area (Å²) in [5.41, 5.74) is 6.56. The number of nitrogens with one attached hydrogen (secondary N) is 1. The van der Waals surface area contributed by atoms with E-state index < -0.39 is 10.0 Å². The first-order valence-corrected chi connectivity index (χ1v) is 8.46. The number of hydrogen-bond donors (Lipinski definition) is 2. The van der Waals surface area contributed by atoms with E-state index in [0.717, 1.165) is 19.3 Å². The molecule has 2 aliphatic rings. The number of fused-ring (bicyclic) bond motifs is 2. The molecule has 2 heterocycles. The highest BCUT2D eigenvalue weighted by Crippen LogP contribution is 2.35. The average Bonchev–Trinajstić information content (AvgIpc) is 2.95. The largest absolute Gasteiger partial charge is 0.397 e. The van der Waals surface area contributed by atoms with E-state index in [2.05, 4.69) is 4.72 Å². The maximum absolute atomic E-state index is 12.5. The molecular weight excluding hydrogens is 300 g/mol. The van der Waals surface area contributed by atoms with Crippen LogP contribution in [-0.4, -0.2) is 26.7 Å². The molecule has 1 aromatic carbocycles. The smallest absolute Gasteiger partial charge is 0.241 e. The zero-order chi connectivity index (χ0) is 14.5. The van der Waals surface area contributed by atoms with Crippen molar-refractivity contribution in [2.24, 2.45) is 0 Å². The Morgan fingerprint density at radius 3 is 2.75 bits per heavy atom. The molecule has 2 saturated heterocycles. The van der Waals surface area contributed by atoms with Gasteiger partial charge in [0.25, 0.3) is 0 Å². The lowest BCUT2D eigenvalue weighted by atomic mass is 9.96. The first-order valence-electron chi connectivity index (χ1n) is 6.60. The number of sulfonamides is 1. The second-order valence-corrected chi connectivity index (χ2v) is 7.57. The van der Waals surface area contributed by atoms with Gasteiger partial charge in [-0.1, -0.05) is 11.6 Å². The highest BCUT2D eigenvalue weighted by molar-refractivity contribution is 7.89. The summed E-state index contributed by atoms with van der Waals surface area (Å²) < 4.78 is 33.4. The average molecular weight is 317 g/mol. The van der Waals surface area contributed by atoms with E-state index >= 15 is 0 Å². The van der Waals surface area contributed by atoms with Crippen LogP contribution >= 0.6 is 11.6 Å². The molecule has 0 aromatic heterocycles. The van der Waals surface area contributed by atoms with Crippen molar-refractivity contribution >= 4 is 27.3 Å². The number of nitrogen functional groups attached to an aromatic ring is 1. The summed E-state index contributed by atoms with van der Waals surface area (Å²) in [5, 5.41) is 0.365. The Balaban J connectivity index is 1.87. The number of halogens is 1. The molecule has 3 unspecified atom stereocenters. The Morgan fingerprint density at radius 1 is 1.40 bits per heavy atom. The number of hydrogen-bond acceptors (Lipinski definition) is 4. The molecule has 2 bridgehead atoms. The highest BCUT2D eigenvalue weighted by atomic mass is 35.5. The van der Waals surface area contributed by atoms with Gasteiger partial charge in [0, 0.05) is 0 Å². The SMILES string of the molecule is Cc1cc(Cl)c(N)cc1S(=O)(=O)NC1CC2CCC1O2. The van der Waals surface area contributed by atoms with Crippen molar-refractivity contribution in [3.63, 3.8) is 0 Å². The first kappa shape index (κ1) is 14.1. The van der Waals surface area contributed by atoms with Crippen LogP contribution < -0.4 is 10.5 Å². The predicted molar refractivity (Wildman–Crippen MR) is 77.2 cm³/mol. The Labute approximate surface area is 123 Å². The lowest BCUT2D eigenvalue weighted by Gasteiger charge is -2.20. The van der Waals surface area contributed by atoms with Crippen LogP contribution in [0.25, 0.3) is 0 Å². The lowest BCUT2D eigenvalue weighted by Crippen LogP contribution is -2.41. The molecule has 5 nitrogen and oxygen atoms in total. The molecule has 3 atom stereocenters. The second-order valence-electron chi connectivity index (χ2n) is 5.48. The summed E-state index contributed by atoms with van der Waals surface area (Å²) in [4.78, 5) is 0.183. The lowest BCUT2D eigenvalue weighted by molar-refractivity contribution is 0.0996. The van der Waals surface area contributed by atoms with Gasteiger partial charge in [-0.3, -0.25) is 0 Å². The Hall–Kier alpha value is -0.820. The maximum atomic E-state index is 12.5. The van der Waals surface area contributed by atoms with Crippen LogP contribution in [0.3, 0.4) is 0 Å². The summed E-state index contributed by atoms with van der Waals surface area (Å²) in [5.74, 6) is 0. The highest BCUT2D eigenvalue weighted by Gasteiger charge is 2.42. The van der Waals surface area contributed by atoms with Crippen LogP contribution in [-0.2, 0) is 14.8 Å². The Bertz CT molecular complexity index is 647. The van der Waals surface area contributed by atoms with Gasteiger partial charge in [0.1, 0.15) is 0 Å². The maximum Gasteiger partial charge on any atom is 0.241 e. The summed E-state index contributed by atoms with van der Waals surface area (Å²) >= 11 is 5.90. The minimum Gasteiger partial charge on any atom is -0.397 e. The van der Waals surface area contributed by atoms with Gasteiger partial charge < -0.3 is 10.5 Å². The number of rotatable bonds is 3. The molecule has 0 amide bonds. The molecule has 20 heavy (non-hydrogen) atoms. The third-order valence-electron chi connectivity index (χ3n) is 4.00. The third-order valence-corrected chi connectivity index (χ3v) is 5.96. The van der Waals surface area contributed by atoms with Gasteiger partial charge in [0.05, 0.1) is 33.9 Å². The van der Waals surface area contributed by atoms with Crippen molar-refractivity contribution < 1.29 is 13.2 Å². The minimum absolute atomic E-state index is 0.000252. The number of aryl methyl sites for hydroxylation is 1. The molecule has 0 saturated carbocycles. The van der Waals surface area contributed by atoms with Crippen LogP contribution in [0.5, 0.6) is 0 Å². The number of anilines is 1. The molecule has 0 spiro atoms. The first-order chi connectivity index (χ1) is 9.37. The fourth-order valence-corrected chi connectivity index (χ4v) is 4.74. The van der Waals surface area contributed by atoms with Gasteiger partial charge in [0.2, 0.25) is 10.0 Å². The minimum atomic E-state index is -3.60. The van der Waals surface area contributed by atoms with Crippen LogP contribution in [0.2, 0.25) is 5.02 Å². The molecule has 3 rings (SSSR count). The summed E-state index contributed by atoms with van der Waals surface area (Å²) in [7, 11) is -3.60. The fraction of sp³-hybridized carbons (Fsp3) is 0.538. The van der Waals surface area contributed by atoms with Gasteiger partial charge in [-0.25, -0.2) is 13.1 Å². The van der Waals surface area contributed by atoms with E-state index in [1.165, 1.54) is 6.07 Å². The van der Waals surface area contributed by atoms with Gasteiger partial charge in [0.15, 0.2) is 0 Å². The van der Waals surface area contributed by atoms with E-state index in [4.69, 9.17) is 22.1 Å². The van der Waals surface area contributed by atoms with Crippen molar-refractivity contribution in [3.8, 4) is 0 Å². The van der Waals surface area contributed by atoms with Crippen LogP contribution in [0.4, 0.5) is 5.69 Å². The van der Waals surface area contributed by atoms with Gasteiger partial charge in [-0.05, 0) is 43.9 Å². The predicted octanol–water partition coefficient (Wildman–Crippen LogP) is 1.83. The van der Waals surface area contributed by atoms with Gasteiger partial charge in [-0.2, -0.15) is 0 Å². The fourth-order valence-electron chi connectivity index (χ4n) is 2.98. The number of benzene rings is 1. The van der Waals surface area contributed by atoms with E-state index in [0.29, 0.717) is 10.6 Å². The van der Waals surface area contributed by atoms with Gasteiger partial charge in [-0.15, -0.1) is 0 Å². The third kappa shape index (κ3) is 2.41. The molecule has 2 fully saturated rings. The van der Waals surface area contributed by atoms with Crippen LogP contribution in [0, 0.1) is 6.92 Å². The standard InChI is InChI=1S/C13H17ClN2O3S/c1-7-4-9(14)10(15)6-13(7)20(17,18)16-11-5-8-2-3-12(11)19-8/h4,6,8,11-12,16H,2-3,5,15H2,1H3. The zero-order valence-corrected chi connectivity index (χ0v) is 12.7. The van der Waals surface area contributed by atoms with Crippen molar-refractivity contribution in [1.82, 2.24) is 4.72 Å². The van der Waals surface area contributed by atoms with Crippen molar-refractivity contribution in [3.05, 3.63) is 22.7 Å². The number of ether oxygens (including phenoxy) is 1. The van der Waals surface area contributed by atoms with Crippen molar-refractivity contribution in [1.29, 1.82) is 0 Å². The molecule has 2 aliphatic heterocycles. The molecule has 7 heteroatoms. The van der Waals surface area contributed by atoms with Crippen LogP contribution in [0.15, 0.2) is 17.0 Å². The Kier molecular flexibility index (Phi) is 3.44. The van der Waals surface area contributed by atoms with E-state index in [1.54, 1.807) is 13.0 Å². The van der Waals surface area contributed by atoms with E-state index in [9.17, 15) is 8.42 Å². The summed E-state index contributed by atoms with van der Waals surface area (Å²) in [6, 6.07) is 2.84. The summed E-state index contributed by atoms with van der Waals surface area (Å²) in [6.07, 6.45) is 2.88.